The molecule has 0 spiro atoms. The molecule has 1 atom stereocenters. The molecule has 2 aliphatic rings. The van der Waals surface area contributed by atoms with E-state index in [2.05, 4.69) is 15.0 Å². The average Bonchev–Trinajstić information content (AvgIpc) is 3.11. The van der Waals surface area contributed by atoms with Crippen LogP contribution >= 0.6 is 11.6 Å². The van der Waals surface area contributed by atoms with E-state index in [1.54, 1.807) is 0 Å². The Bertz CT molecular complexity index is 656. The fraction of sp³-hybridized carbons (Fsp3) is 0.500. The highest BCUT2D eigenvalue weighted by atomic mass is 35.5. The molecule has 0 radical (unpaired) electrons. The molecule has 1 aromatic heterocycles. The molecular weight excluding hydrogens is 302 g/mol. The van der Waals surface area contributed by atoms with E-state index in [0.717, 1.165) is 43.5 Å². The van der Waals surface area contributed by atoms with Crippen molar-refractivity contribution in [2.24, 2.45) is 0 Å². The third-order valence-corrected chi connectivity index (χ3v) is 4.45. The Morgan fingerprint density at radius 3 is 2.95 bits per heavy atom. The predicted octanol–water partition coefficient (Wildman–Crippen LogP) is 3.25. The number of benzene rings is 1. The molecule has 1 saturated carbocycles. The number of hydrogen-bond donors (Lipinski definition) is 0. The molecule has 5 nitrogen and oxygen atoms in total. The lowest BCUT2D eigenvalue weighted by molar-refractivity contribution is 0.196. The van der Waals surface area contributed by atoms with Gasteiger partial charge in [0.05, 0.1) is 11.6 Å². The Kier molecular flexibility index (Phi) is 3.76. The highest BCUT2D eigenvalue weighted by Crippen LogP contribution is 2.38. The van der Waals surface area contributed by atoms with Crippen molar-refractivity contribution < 1.29 is 9.26 Å². The van der Waals surface area contributed by atoms with Crippen molar-refractivity contribution in [3.05, 3.63) is 41.0 Å². The van der Waals surface area contributed by atoms with Crippen molar-refractivity contribution in [3.63, 3.8) is 0 Å². The third kappa shape index (κ3) is 3.10. The van der Waals surface area contributed by atoms with Crippen molar-refractivity contribution in [1.82, 2.24) is 15.0 Å². The molecule has 116 valence electrons. The summed E-state index contributed by atoms with van der Waals surface area (Å²) in [4.78, 5) is 6.77. The zero-order valence-electron chi connectivity index (χ0n) is 12.2. The lowest BCUT2D eigenvalue weighted by Gasteiger charge is -2.16. The van der Waals surface area contributed by atoms with Gasteiger partial charge in [-0.25, -0.2) is 0 Å². The van der Waals surface area contributed by atoms with Crippen LogP contribution in [0.3, 0.4) is 0 Å². The molecule has 1 aromatic carbocycles. The van der Waals surface area contributed by atoms with Crippen LogP contribution in [0.2, 0.25) is 5.02 Å². The fourth-order valence-electron chi connectivity index (χ4n) is 2.78. The van der Waals surface area contributed by atoms with Crippen LogP contribution in [-0.4, -0.2) is 34.2 Å². The van der Waals surface area contributed by atoms with Crippen molar-refractivity contribution >= 4 is 11.6 Å². The maximum Gasteiger partial charge on any atom is 0.229 e. The van der Waals surface area contributed by atoms with E-state index < -0.39 is 0 Å². The number of halogens is 1. The van der Waals surface area contributed by atoms with Gasteiger partial charge in [-0.15, -0.1) is 0 Å². The van der Waals surface area contributed by atoms with Crippen LogP contribution in [0.25, 0.3) is 0 Å². The highest BCUT2D eigenvalue weighted by molar-refractivity contribution is 6.32. The Morgan fingerprint density at radius 1 is 1.27 bits per heavy atom. The summed E-state index contributed by atoms with van der Waals surface area (Å²) in [5.41, 5.74) is 0. The second-order valence-corrected chi connectivity index (χ2v) is 6.42. The minimum absolute atomic E-state index is 0.162. The summed E-state index contributed by atoms with van der Waals surface area (Å²) in [6.07, 6.45) is 3.51. The largest absolute Gasteiger partial charge is 0.487 e. The number of ether oxygens (including phenoxy) is 1. The van der Waals surface area contributed by atoms with Crippen molar-refractivity contribution in [3.8, 4) is 5.75 Å². The minimum Gasteiger partial charge on any atom is -0.487 e. The number of likely N-dealkylation sites (tertiary alicyclic amines) is 1. The molecule has 22 heavy (non-hydrogen) atoms. The van der Waals surface area contributed by atoms with Crippen LogP contribution in [0.1, 0.15) is 36.9 Å². The van der Waals surface area contributed by atoms with E-state index in [0.29, 0.717) is 10.9 Å². The van der Waals surface area contributed by atoms with Crippen LogP contribution in [0.4, 0.5) is 0 Å². The molecule has 0 amide bonds. The predicted molar refractivity (Wildman–Crippen MR) is 82.0 cm³/mol. The second-order valence-electron chi connectivity index (χ2n) is 6.02. The van der Waals surface area contributed by atoms with Gasteiger partial charge in [-0.3, -0.25) is 4.90 Å². The normalized spacial score (nSPS) is 22.1. The summed E-state index contributed by atoms with van der Waals surface area (Å²) < 4.78 is 11.3. The lowest BCUT2D eigenvalue weighted by atomic mass is 10.3. The fourth-order valence-corrected chi connectivity index (χ4v) is 2.96. The Hall–Kier alpha value is -1.59. The van der Waals surface area contributed by atoms with E-state index >= 15 is 0 Å². The van der Waals surface area contributed by atoms with E-state index in [4.69, 9.17) is 20.9 Å². The zero-order chi connectivity index (χ0) is 14.9. The summed E-state index contributed by atoms with van der Waals surface area (Å²) in [7, 11) is 0. The molecule has 6 heteroatoms. The van der Waals surface area contributed by atoms with Crippen LogP contribution in [0.15, 0.2) is 28.8 Å². The summed E-state index contributed by atoms with van der Waals surface area (Å²) in [5, 5.41) is 4.73. The first-order valence-electron chi connectivity index (χ1n) is 7.74. The van der Waals surface area contributed by atoms with E-state index in [9.17, 15) is 0 Å². The molecule has 0 unspecified atom stereocenters. The lowest BCUT2D eigenvalue weighted by Crippen LogP contribution is -2.25. The van der Waals surface area contributed by atoms with Gasteiger partial charge in [0, 0.05) is 19.0 Å². The number of nitrogens with zero attached hydrogens (tertiary/aromatic N) is 3. The standard InChI is InChI=1S/C16H18ClN3O2/c17-13-3-1-2-4-14(13)21-12-7-8-20(9-12)10-15-18-16(22-19-15)11-5-6-11/h1-4,11-12H,5-10H2/t12-/m0/s1. The summed E-state index contributed by atoms with van der Waals surface area (Å²) in [6.45, 7) is 2.56. The maximum atomic E-state index is 6.14. The molecule has 0 bridgehead atoms. The smallest absolute Gasteiger partial charge is 0.229 e. The topological polar surface area (TPSA) is 51.4 Å². The Morgan fingerprint density at radius 2 is 2.14 bits per heavy atom. The van der Waals surface area contributed by atoms with Gasteiger partial charge >= 0.3 is 0 Å². The van der Waals surface area contributed by atoms with Crippen molar-refractivity contribution in [1.29, 1.82) is 0 Å². The van der Waals surface area contributed by atoms with Crippen molar-refractivity contribution in [2.45, 2.75) is 37.8 Å². The van der Waals surface area contributed by atoms with Crippen LogP contribution in [0.5, 0.6) is 5.75 Å². The van der Waals surface area contributed by atoms with Crippen LogP contribution in [0, 0.1) is 0 Å². The monoisotopic (exact) mass is 319 g/mol. The quantitative estimate of drug-likeness (QED) is 0.846. The average molecular weight is 320 g/mol. The molecule has 1 aliphatic carbocycles. The van der Waals surface area contributed by atoms with Gasteiger partial charge in [0.1, 0.15) is 11.9 Å². The van der Waals surface area contributed by atoms with Crippen LogP contribution < -0.4 is 4.74 Å². The number of aromatic nitrogens is 2. The van der Waals surface area contributed by atoms with Crippen molar-refractivity contribution in [2.75, 3.05) is 13.1 Å². The molecular formula is C16H18ClN3O2. The van der Waals surface area contributed by atoms with E-state index in [1.165, 1.54) is 12.8 Å². The molecule has 0 N–H and O–H groups in total. The Labute approximate surface area is 134 Å². The van der Waals surface area contributed by atoms with Gasteiger partial charge < -0.3 is 9.26 Å². The van der Waals surface area contributed by atoms with Gasteiger partial charge in [0.15, 0.2) is 5.82 Å². The van der Waals surface area contributed by atoms with E-state index in [-0.39, 0.29) is 6.10 Å². The summed E-state index contributed by atoms with van der Waals surface area (Å²) >= 11 is 6.14. The first kappa shape index (κ1) is 14.0. The minimum atomic E-state index is 0.162. The van der Waals surface area contributed by atoms with Gasteiger partial charge in [-0.05, 0) is 31.4 Å². The first-order chi connectivity index (χ1) is 10.8. The third-order valence-electron chi connectivity index (χ3n) is 4.13. The highest BCUT2D eigenvalue weighted by Gasteiger charge is 2.30. The molecule has 2 heterocycles. The number of rotatable bonds is 5. The number of hydrogen-bond acceptors (Lipinski definition) is 5. The molecule has 2 aromatic rings. The Balaban J connectivity index is 1.33. The SMILES string of the molecule is Clc1ccccc1O[C@H]1CCN(Cc2noc(C3CC3)n2)C1. The molecule has 2 fully saturated rings. The molecule has 4 rings (SSSR count). The second kappa shape index (κ2) is 5.89. The maximum absolute atomic E-state index is 6.14. The van der Waals surface area contributed by atoms with Gasteiger partial charge in [0.2, 0.25) is 5.89 Å². The molecule has 1 saturated heterocycles. The molecule has 1 aliphatic heterocycles. The van der Waals surface area contributed by atoms with Gasteiger partial charge in [-0.2, -0.15) is 4.98 Å². The first-order valence-corrected chi connectivity index (χ1v) is 8.12. The van der Waals surface area contributed by atoms with E-state index in [1.807, 2.05) is 24.3 Å². The van der Waals surface area contributed by atoms with Gasteiger partial charge in [0.25, 0.3) is 0 Å². The zero-order valence-corrected chi connectivity index (χ0v) is 13.0. The summed E-state index contributed by atoms with van der Waals surface area (Å²) in [5.74, 6) is 2.85. The summed E-state index contributed by atoms with van der Waals surface area (Å²) in [6, 6.07) is 7.60. The van der Waals surface area contributed by atoms with Crippen LogP contribution in [-0.2, 0) is 6.54 Å². The number of para-hydroxylation sites is 1. The van der Waals surface area contributed by atoms with Gasteiger partial charge in [-0.1, -0.05) is 28.9 Å².